The van der Waals surface area contributed by atoms with Crippen molar-refractivity contribution in [2.75, 3.05) is 5.32 Å². The van der Waals surface area contributed by atoms with Gasteiger partial charge in [-0.25, -0.2) is 9.67 Å². The molecule has 144 valence electrons. The molecular weight excluding hydrogens is 368 g/mol. The standard InChI is InChI=1S/C21H18N6O2/c28-18(12-27-21(29)17-7-2-1-4-15(17)11-22-27)23-16-6-3-5-14(10-16)20-24-19(25-26-20)13-8-9-13/h1-7,10-11,13H,8-9,12H2,(H,23,28)(H,24,25,26). The van der Waals surface area contributed by atoms with Gasteiger partial charge in [0.2, 0.25) is 5.91 Å². The molecule has 0 saturated heterocycles. The third-order valence-electron chi connectivity index (χ3n) is 4.93. The zero-order chi connectivity index (χ0) is 19.8. The van der Waals surface area contributed by atoms with Gasteiger partial charge < -0.3 is 5.32 Å². The summed E-state index contributed by atoms with van der Waals surface area (Å²) in [5, 5.41) is 15.5. The number of hydrogen-bond donors (Lipinski definition) is 2. The Morgan fingerprint density at radius 1 is 1.17 bits per heavy atom. The predicted octanol–water partition coefficient (Wildman–Crippen LogP) is 2.70. The van der Waals surface area contributed by atoms with Gasteiger partial charge in [-0.1, -0.05) is 30.3 Å². The van der Waals surface area contributed by atoms with Gasteiger partial charge in [0.15, 0.2) is 5.82 Å². The summed E-state index contributed by atoms with van der Waals surface area (Å²) in [5.74, 6) is 1.68. The molecule has 1 amide bonds. The average Bonchev–Trinajstić information content (AvgIpc) is 3.47. The molecule has 0 unspecified atom stereocenters. The van der Waals surface area contributed by atoms with Crippen LogP contribution in [0.5, 0.6) is 0 Å². The van der Waals surface area contributed by atoms with Gasteiger partial charge in [0, 0.05) is 22.6 Å². The smallest absolute Gasteiger partial charge is 0.275 e. The summed E-state index contributed by atoms with van der Waals surface area (Å²) in [7, 11) is 0. The molecule has 1 saturated carbocycles. The van der Waals surface area contributed by atoms with E-state index in [1.54, 1.807) is 24.4 Å². The van der Waals surface area contributed by atoms with Gasteiger partial charge in [0.1, 0.15) is 12.4 Å². The summed E-state index contributed by atoms with van der Waals surface area (Å²) in [6.45, 7) is -0.166. The molecule has 8 heteroatoms. The van der Waals surface area contributed by atoms with Gasteiger partial charge in [0.25, 0.3) is 5.56 Å². The number of amides is 1. The van der Waals surface area contributed by atoms with Gasteiger partial charge in [-0.3, -0.25) is 14.7 Å². The van der Waals surface area contributed by atoms with Gasteiger partial charge in [0.05, 0.1) is 11.6 Å². The molecule has 1 aliphatic carbocycles. The van der Waals surface area contributed by atoms with Crippen LogP contribution in [-0.2, 0) is 11.3 Å². The minimum Gasteiger partial charge on any atom is -0.324 e. The Balaban J connectivity index is 1.33. The van der Waals surface area contributed by atoms with Crippen molar-refractivity contribution in [3.05, 3.63) is 70.9 Å². The summed E-state index contributed by atoms with van der Waals surface area (Å²) in [5.41, 5.74) is 1.13. The fraction of sp³-hybridized carbons (Fsp3) is 0.190. The lowest BCUT2D eigenvalue weighted by molar-refractivity contribution is -0.117. The molecule has 2 heterocycles. The van der Waals surface area contributed by atoms with Crippen LogP contribution in [0.2, 0.25) is 0 Å². The first kappa shape index (κ1) is 17.3. The van der Waals surface area contributed by atoms with Crippen LogP contribution in [0.4, 0.5) is 5.69 Å². The zero-order valence-electron chi connectivity index (χ0n) is 15.5. The maximum Gasteiger partial charge on any atom is 0.275 e. The number of fused-ring (bicyclic) bond motifs is 1. The van der Waals surface area contributed by atoms with E-state index in [1.165, 1.54) is 4.68 Å². The van der Waals surface area contributed by atoms with Crippen LogP contribution in [0.3, 0.4) is 0 Å². The molecule has 1 fully saturated rings. The fourth-order valence-electron chi connectivity index (χ4n) is 3.26. The first-order chi connectivity index (χ1) is 14.2. The van der Waals surface area contributed by atoms with E-state index < -0.39 is 0 Å². The van der Waals surface area contributed by atoms with Crippen LogP contribution in [0.25, 0.3) is 22.2 Å². The van der Waals surface area contributed by atoms with E-state index in [4.69, 9.17) is 0 Å². The van der Waals surface area contributed by atoms with Crippen molar-refractivity contribution in [2.45, 2.75) is 25.3 Å². The first-order valence-corrected chi connectivity index (χ1v) is 9.45. The SMILES string of the molecule is O=C(Cn1ncc2ccccc2c1=O)Nc1cccc(-c2n[nH]c(C3CC3)n2)c1. The number of carbonyl (C=O) groups excluding carboxylic acids is 1. The lowest BCUT2D eigenvalue weighted by atomic mass is 10.2. The van der Waals surface area contributed by atoms with Gasteiger partial charge in [-0.05, 0) is 31.0 Å². The molecule has 0 aliphatic heterocycles. The van der Waals surface area contributed by atoms with Crippen LogP contribution in [0, 0.1) is 0 Å². The highest BCUT2D eigenvalue weighted by atomic mass is 16.2. The maximum absolute atomic E-state index is 12.5. The fourth-order valence-corrected chi connectivity index (χ4v) is 3.26. The molecule has 2 aromatic heterocycles. The number of aromatic amines is 1. The molecule has 2 N–H and O–H groups in total. The number of anilines is 1. The summed E-state index contributed by atoms with van der Waals surface area (Å²) in [6.07, 6.45) is 3.88. The van der Waals surface area contributed by atoms with Crippen LogP contribution in [0.15, 0.2) is 59.5 Å². The topological polar surface area (TPSA) is 106 Å². The molecule has 4 aromatic rings. The van der Waals surface area contributed by atoms with Crippen molar-refractivity contribution in [1.29, 1.82) is 0 Å². The molecule has 0 atom stereocenters. The highest BCUT2D eigenvalue weighted by Gasteiger charge is 2.27. The quantitative estimate of drug-likeness (QED) is 0.549. The summed E-state index contributed by atoms with van der Waals surface area (Å²) < 4.78 is 1.17. The molecule has 29 heavy (non-hydrogen) atoms. The Bertz CT molecular complexity index is 1270. The Hall–Kier alpha value is -3.81. The van der Waals surface area contributed by atoms with E-state index in [0.29, 0.717) is 22.8 Å². The average molecular weight is 386 g/mol. The lowest BCUT2D eigenvalue weighted by Crippen LogP contribution is -2.29. The number of carbonyl (C=O) groups is 1. The zero-order valence-corrected chi connectivity index (χ0v) is 15.5. The monoisotopic (exact) mass is 386 g/mol. The molecular formula is C21H18N6O2. The van der Waals surface area contributed by atoms with Crippen molar-refractivity contribution in [1.82, 2.24) is 25.0 Å². The molecule has 0 bridgehead atoms. The number of aromatic nitrogens is 5. The minimum atomic E-state index is -0.333. The number of hydrogen-bond acceptors (Lipinski definition) is 5. The molecule has 0 radical (unpaired) electrons. The normalized spacial score (nSPS) is 13.5. The summed E-state index contributed by atoms with van der Waals surface area (Å²) in [6, 6.07) is 14.5. The summed E-state index contributed by atoms with van der Waals surface area (Å²) >= 11 is 0. The van der Waals surface area contributed by atoms with Crippen LogP contribution >= 0.6 is 0 Å². The van der Waals surface area contributed by atoms with Crippen molar-refractivity contribution < 1.29 is 4.79 Å². The van der Waals surface area contributed by atoms with Crippen molar-refractivity contribution >= 4 is 22.4 Å². The second-order valence-corrected chi connectivity index (χ2v) is 7.14. The molecule has 5 rings (SSSR count). The molecule has 0 spiro atoms. The van der Waals surface area contributed by atoms with Gasteiger partial charge in [-0.2, -0.15) is 10.2 Å². The molecule has 1 aliphatic rings. The Morgan fingerprint density at radius 2 is 2.03 bits per heavy atom. The van der Waals surface area contributed by atoms with Crippen LogP contribution < -0.4 is 10.9 Å². The summed E-state index contributed by atoms with van der Waals surface area (Å²) in [4.78, 5) is 29.5. The predicted molar refractivity (Wildman–Crippen MR) is 108 cm³/mol. The molecule has 8 nitrogen and oxygen atoms in total. The maximum atomic E-state index is 12.5. The highest BCUT2D eigenvalue weighted by molar-refractivity contribution is 5.91. The van der Waals surface area contributed by atoms with Crippen LogP contribution in [-0.4, -0.2) is 30.9 Å². The second kappa shape index (κ2) is 6.97. The number of nitrogens with one attached hydrogen (secondary N) is 2. The number of nitrogens with zero attached hydrogens (tertiary/aromatic N) is 4. The van der Waals surface area contributed by atoms with Crippen molar-refractivity contribution in [2.24, 2.45) is 0 Å². The second-order valence-electron chi connectivity index (χ2n) is 7.14. The van der Waals surface area contributed by atoms with E-state index in [-0.39, 0.29) is 18.0 Å². The first-order valence-electron chi connectivity index (χ1n) is 9.45. The van der Waals surface area contributed by atoms with Crippen LogP contribution in [0.1, 0.15) is 24.6 Å². The highest BCUT2D eigenvalue weighted by Crippen LogP contribution is 2.38. The van der Waals surface area contributed by atoms with E-state index in [1.807, 2.05) is 30.3 Å². The Morgan fingerprint density at radius 3 is 2.90 bits per heavy atom. The van der Waals surface area contributed by atoms with Gasteiger partial charge >= 0.3 is 0 Å². The molecule has 2 aromatic carbocycles. The van der Waals surface area contributed by atoms with Crippen molar-refractivity contribution in [3.8, 4) is 11.4 Å². The minimum absolute atomic E-state index is 0.166. The van der Waals surface area contributed by atoms with E-state index in [2.05, 4.69) is 25.6 Å². The van der Waals surface area contributed by atoms with E-state index >= 15 is 0 Å². The number of H-pyrrole nitrogens is 1. The lowest BCUT2D eigenvalue weighted by Gasteiger charge is -2.08. The van der Waals surface area contributed by atoms with E-state index in [9.17, 15) is 9.59 Å². The van der Waals surface area contributed by atoms with Gasteiger partial charge in [-0.15, -0.1) is 0 Å². The van der Waals surface area contributed by atoms with Crippen molar-refractivity contribution in [3.63, 3.8) is 0 Å². The number of benzene rings is 2. The Kier molecular flexibility index (Phi) is 4.16. The van der Waals surface area contributed by atoms with E-state index in [0.717, 1.165) is 29.6 Å². The number of rotatable bonds is 5. The Labute approximate surface area is 165 Å². The third kappa shape index (κ3) is 3.52. The third-order valence-corrected chi connectivity index (χ3v) is 4.93. The largest absolute Gasteiger partial charge is 0.324 e.